The summed E-state index contributed by atoms with van der Waals surface area (Å²) in [6.45, 7) is 2.71. The Morgan fingerprint density at radius 3 is 2.56 bits per heavy atom. The van der Waals surface area contributed by atoms with Crippen molar-refractivity contribution in [2.24, 2.45) is 0 Å². The summed E-state index contributed by atoms with van der Waals surface area (Å²) in [5.74, 6) is -0.188. The van der Waals surface area contributed by atoms with E-state index in [0.29, 0.717) is 23.2 Å². The SMILES string of the molecule is Cc1cc(C(=O)O)ccc1NCc1c(OCc2ccc(Cl)cc2Cl)ccc2ccccc12. The van der Waals surface area contributed by atoms with Crippen molar-refractivity contribution >= 4 is 45.6 Å². The topological polar surface area (TPSA) is 58.6 Å². The van der Waals surface area contributed by atoms with Crippen LogP contribution in [0.1, 0.15) is 27.0 Å². The van der Waals surface area contributed by atoms with Crippen LogP contribution in [-0.2, 0) is 13.2 Å². The van der Waals surface area contributed by atoms with Gasteiger partial charge in [0, 0.05) is 33.4 Å². The van der Waals surface area contributed by atoms with Crippen molar-refractivity contribution in [1.82, 2.24) is 0 Å². The van der Waals surface area contributed by atoms with Gasteiger partial charge in [0.05, 0.1) is 5.56 Å². The van der Waals surface area contributed by atoms with E-state index in [1.807, 2.05) is 37.3 Å². The number of fused-ring (bicyclic) bond motifs is 1. The summed E-state index contributed by atoms with van der Waals surface area (Å²) in [6.07, 6.45) is 0. The predicted molar refractivity (Wildman–Crippen MR) is 130 cm³/mol. The number of carbonyl (C=O) groups is 1. The number of aromatic carboxylic acids is 1. The summed E-state index contributed by atoms with van der Waals surface area (Å²) in [4.78, 5) is 11.2. The summed E-state index contributed by atoms with van der Waals surface area (Å²) in [5.41, 5.74) is 3.86. The highest BCUT2D eigenvalue weighted by Crippen LogP contribution is 2.31. The van der Waals surface area contributed by atoms with Gasteiger partial charge in [-0.25, -0.2) is 4.79 Å². The Bertz CT molecular complexity index is 1300. The lowest BCUT2D eigenvalue weighted by atomic mass is 10.0. The van der Waals surface area contributed by atoms with Crippen LogP contribution < -0.4 is 10.1 Å². The van der Waals surface area contributed by atoms with E-state index in [1.165, 1.54) is 0 Å². The fourth-order valence-electron chi connectivity index (χ4n) is 3.61. The third-order valence-corrected chi connectivity index (χ3v) is 5.91. The Hall–Kier alpha value is -3.21. The Labute approximate surface area is 196 Å². The van der Waals surface area contributed by atoms with Crippen molar-refractivity contribution in [3.63, 3.8) is 0 Å². The summed E-state index contributed by atoms with van der Waals surface area (Å²) >= 11 is 12.3. The molecule has 4 nitrogen and oxygen atoms in total. The Morgan fingerprint density at radius 2 is 1.81 bits per heavy atom. The molecular formula is C26H21Cl2NO3. The molecule has 0 fully saturated rings. The highest BCUT2D eigenvalue weighted by Gasteiger charge is 2.12. The van der Waals surface area contributed by atoms with Gasteiger partial charge in [-0.05, 0) is 59.7 Å². The summed E-state index contributed by atoms with van der Waals surface area (Å²) < 4.78 is 6.18. The number of nitrogens with one attached hydrogen (secondary N) is 1. The molecule has 4 aromatic carbocycles. The molecule has 4 aromatic rings. The van der Waals surface area contributed by atoms with Gasteiger partial charge < -0.3 is 15.2 Å². The lowest BCUT2D eigenvalue weighted by Crippen LogP contribution is -2.06. The fourth-order valence-corrected chi connectivity index (χ4v) is 4.07. The van der Waals surface area contributed by atoms with Crippen LogP contribution in [0, 0.1) is 6.92 Å². The largest absolute Gasteiger partial charge is 0.488 e. The van der Waals surface area contributed by atoms with E-state index in [1.54, 1.807) is 30.3 Å². The molecule has 0 aliphatic heterocycles. The molecular weight excluding hydrogens is 445 g/mol. The average molecular weight is 466 g/mol. The van der Waals surface area contributed by atoms with E-state index >= 15 is 0 Å². The van der Waals surface area contributed by atoms with Gasteiger partial charge in [-0.2, -0.15) is 0 Å². The monoisotopic (exact) mass is 465 g/mol. The van der Waals surface area contributed by atoms with E-state index in [2.05, 4.69) is 17.4 Å². The molecule has 0 aliphatic rings. The minimum Gasteiger partial charge on any atom is -0.488 e. The zero-order valence-corrected chi connectivity index (χ0v) is 18.9. The fraction of sp³-hybridized carbons (Fsp3) is 0.115. The summed E-state index contributed by atoms with van der Waals surface area (Å²) in [5, 5.41) is 16.0. The summed E-state index contributed by atoms with van der Waals surface area (Å²) in [6, 6.07) is 22.5. The number of halogens is 2. The number of hydrogen-bond donors (Lipinski definition) is 2. The first-order valence-corrected chi connectivity index (χ1v) is 10.8. The molecule has 0 heterocycles. The van der Waals surface area contributed by atoms with Crippen LogP contribution in [0.3, 0.4) is 0 Å². The first-order chi connectivity index (χ1) is 15.4. The number of aryl methyl sites for hydroxylation is 1. The van der Waals surface area contributed by atoms with Crippen molar-refractivity contribution in [3.8, 4) is 5.75 Å². The third kappa shape index (κ3) is 4.82. The number of carboxylic acid groups (broad SMARTS) is 1. The number of hydrogen-bond acceptors (Lipinski definition) is 3. The number of ether oxygens (including phenoxy) is 1. The number of rotatable bonds is 7. The molecule has 0 radical (unpaired) electrons. The van der Waals surface area contributed by atoms with Crippen LogP contribution in [0.4, 0.5) is 5.69 Å². The van der Waals surface area contributed by atoms with Crippen LogP contribution in [0.15, 0.2) is 72.8 Å². The maximum Gasteiger partial charge on any atom is 0.335 e. The van der Waals surface area contributed by atoms with Gasteiger partial charge in [-0.3, -0.25) is 0 Å². The average Bonchev–Trinajstić information content (AvgIpc) is 2.78. The van der Waals surface area contributed by atoms with Crippen molar-refractivity contribution in [2.45, 2.75) is 20.1 Å². The first-order valence-electron chi connectivity index (χ1n) is 10.1. The molecule has 0 aliphatic carbocycles. The second-order valence-corrected chi connectivity index (χ2v) is 8.32. The quantitative estimate of drug-likeness (QED) is 0.299. The molecule has 6 heteroatoms. The smallest absolute Gasteiger partial charge is 0.335 e. The van der Waals surface area contributed by atoms with E-state index < -0.39 is 5.97 Å². The molecule has 0 saturated carbocycles. The Kier molecular flexibility index (Phi) is 6.54. The van der Waals surface area contributed by atoms with Crippen molar-refractivity contribution in [1.29, 1.82) is 0 Å². The van der Waals surface area contributed by atoms with Crippen LogP contribution in [0.2, 0.25) is 10.0 Å². The van der Waals surface area contributed by atoms with E-state index in [-0.39, 0.29) is 5.56 Å². The molecule has 4 rings (SSSR count). The molecule has 0 atom stereocenters. The van der Waals surface area contributed by atoms with Crippen molar-refractivity contribution in [3.05, 3.63) is 105 Å². The van der Waals surface area contributed by atoms with E-state index in [9.17, 15) is 9.90 Å². The molecule has 2 N–H and O–H groups in total. The van der Waals surface area contributed by atoms with E-state index in [0.717, 1.165) is 38.9 Å². The van der Waals surface area contributed by atoms with Gasteiger partial charge >= 0.3 is 5.97 Å². The number of anilines is 1. The molecule has 0 unspecified atom stereocenters. The number of benzene rings is 4. The zero-order chi connectivity index (χ0) is 22.7. The van der Waals surface area contributed by atoms with Crippen molar-refractivity contribution in [2.75, 3.05) is 5.32 Å². The lowest BCUT2D eigenvalue weighted by Gasteiger charge is -2.17. The lowest BCUT2D eigenvalue weighted by molar-refractivity contribution is 0.0697. The second kappa shape index (κ2) is 9.51. The molecule has 32 heavy (non-hydrogen) atoms. The third-order valence-electron chi connectivity index (χ3n) is 5.32. The normalized spacial score (nSPS) is 10.8. The predicted octanol–water partition coefficient (Wildman–Crippen LogP) is 7.34. The second-order valence-electron chi connectivity index (χ2n) is 7.48. The first kappa shape index (κ1) is 22.0. The highest BCUT2D eigenvalue weighted by atomic mass is 35.5. The molecule has 0 spiro atoms. The van der Waals surface area contributed by atoms with Crippen LogP contribution in [0.25, 0.3) is 10.8 Å². The van der Waals surface area contributed by atoms with Gasteiger partial charge in [0.15, 0.2) is 0 Å². The number of carboxylic acids is 1. The standard InChI is InChI=1S/C26H21Cl2NO3/c1-16-12-18(26(30)31)7-10-24(16)29-14-22-21-5-3-2-4-17(21)8-11-25(22)32-15-19-6-9-20(27)13-23(19)28/h2-13,29H,14-15H2,1H3,(H,30,31). The van der Waals surface area contributed by atoms with Crippen LogP contribution in [0.5, 0.6) is 5.75 Å². The van der Waals surface area contributed by atoms with Gasteiger partial charge in [0.2, 0.25) is 0 Å². The minimum atomic E-state index is -0.940. The Balaban J connectivity index is 1.62. The van der Waals surface area contributed by atoms with Gasteiger partial charge in [-0.15, -0.1) is 0 Å². The maximum absolute atomic E-state index is 11.2. The molecule has 0 aromatic heterocycles. The molecule has 0 saturated heterocycles. The van der Waals surface area contributed by atoms with E-state index in [4.69, 9.17) is 27.9 Å². The van der Waals surface area contributed by atoms with Gasteiger partial charge in [0.25, 0.3) is 0 Å². The molecule has 0 bridgehead atoms. The zero-order valence-electron chi connectivity index (χ0n) is 17.4. The maximum atomic E-state index is 11.2. The minimum absolute atomic E-state index is 0.266. The molecule has 162 valence electrons. The van der Waals surface area contributed by atoms with Crippen LogP contribution in [-0.4, -0.2) is 11.1 Å². The van der Waals surface area contributed by atoms with Crippen molar-refractivity contribution < 1.29 is 14.6 Å². The Morgan fingerprint density at radius 1 is 1.00 bits per heavy atom. The summed E-state index contributed by atoms with van der Waals surface area (Å²) in [7, 11) is 0. The van der Waals surface area contributed by atoms with Gasteiger partial charge in [0.1, 0.15) is 12.4 Å². The molecule has 0 amide bonds. The highest BCUT2D eigenvalue weighted by molar-refractivity contribution is 6.35. The van der Waals surface area contributed by atoms with Crippen LogP contribution >= 0.6 is 23.2 Å². The van der Waals surface area contributed by atoms with Gasteiger partial charge in [-0.1, -0.05) is 59.6 Å².